The minimum atomic E-state index is -5.10. The largest absolute Gasteiger partial charge is 0.480 e. The number of nitro benzene ring substituents is 1. The Bertz CT molecular complexity index is 1830. The van der Waals surface area contributed by atoms with Gasteiger partial charge in [-0.25, -0.2) is 9.78 Å². The lowest BCUT2D eigenvalue weighted by atomic mass is 9.91. The molecule has 6 rings (SSSR count). The van der Waals surface area contributed by atoms with Crippen molar-refractivity contribution in [3.05, 3.63) is 99.9 Å². The first-order valence-electron chi connectivity index (χ1n) is 15.4. The number of rotatable bonds is 9. The van der Waals surface area contributed by atoms with Gasteiger partial charge in [-0.1, -0.05) is 30.3 Å². The summed E-state index contributed by atoms with van der Waals surface area (Å²) in [5.74, 6) is -0.847. The minimum absolute atomic E-state index is 0.0460. The number of nitro groups is 1. The SMILES string of the molecule is O=C(O)C1CCCN1c1ccc(C(=O)N2CCN(CC(O)(c3cn(Cc4ccccc4)c4cc([N+](=O)[O-])ccc34)C(F)(F)F)CC2)cn1. The third-order valence-electron chi connectivity index (χ3n) is 9.13. The van der Waals surface area contributed by atoms with Gasteiger partial charge < -0.3 is 24.6 Å². The number of hydrogen-bond acceptors (Lipinski definition) is 8. The van der Waals surface area contributed by atoms with Crippen molar-refractivity contribution in [2.24, 2.45) is 0 Å². The van der Waals surface area contributed by atoms with Crippen LogP contribution >= 0.6 is 0 Å². The van der Waals surface area contributed by atoms with Crippen molar-refractivity contribution >= 4 is 34.3 Å². The highest BCUT2D eigenvalue weighted by molar-refractivity contribution is 5.94. The van der Waals surface area contributed by atoms with Crippen molar-refractivity contribution < 1.29 is 37.9 Å². The van der Waals surface area contributed by atoms with E-state index in [0.717, 1.165) is 11.6 Å². The molecular formula is C33H33F3N6O6. The molecule has 0 saturated carbocycles. The summed E-state index contributed by atoms with van der Waals surface area (Å²) in [6, 6.07) is 15.0. The van der Waals surface area contributed by atoms with E-state index in [1.165, 1.54) is 38.9 Å². The van der Waals surface area contributed by atoms with Gasteiger partial charge in [0, 0.05) is 81.3 Å². The summed E-state index contributed by atoms with van der Waals surface area (Å²) < 4.78 is 46.0. The lowest BCUT2D eigenvalue weighted by Crippen LogP contribution is -2.56. The van der Waals surface area contributed by atoms with E-state index >= 15 is 0 Å². The summed E-state index contributed by atoms with van der Waals surface area (Å²) in [5.41, 5.74) is -2.81. The molecule has 2 aliphatic rings. The van der Waals surface area contributed by atoms with Crippen LogP contribution in [-0.4, -0.2) is 97.9 Å². The number of halogens is 3. The maximum Gasteiger partial charge on any atom is 0.422 e. The van der Waals surface area contributed by atoms with Gasteiger partial charge in [0.15, 0.2) is 0 Å². The zero-order chi connectivity index (χ0) is 34.2. The lowest BCUT2D eigenvalue weighted by molar-refractivity contribution is -0.384. The zero-order valence-corrected chi connectivity index (χ0v) is 25.7. The average molecular weight is 667 g/mol. The number of non-ortho nitro benzene ring substituents is 1. The second-order valence-electron chi connectivity index (χ2n) is 12.1. The van der Waals surface area contributed by atoms with Gasteiger partial charge in [-0.3, -0.25) is 19.8 Å². The number of carbonyl (C=O) groups is 2. The number of carbonyl (C=O) groups excluding carboxylic acids is 1. The van der Waals surface area contributed by atoms with Gasteiger partial charge in [0.1, 0.15) is 11.9 Å². The molecule has 2 aromatic heterocycles. The number of β-amino-alcohol motifs (C(OH)–C–C–N with tert-alkyl or cyclic N) is 1. The van der Waals surface area contributed by atoms with Gasteiger partial charge in [-0.2, -0.15) is 13.2 Å². The summed E-state index contributed by atoms with van der Waals surface area (Å²) >= 11 is 0. The zero-order valence-electron chi connectivity index (χ0n) is 25.7. The van der Waals surface area contributed by atoms with Crippen LogP contribution in [0, 0.1) is 10.1 Å². The molecule has 2 saturated heterocycles. The van der Waals surface area contributed by atoms with Gasteiger partial charge in [0.25, 0.3) is 11.6 Å². The number of aliphatic carboxylic acids is 1. The van der Waals surface area contributed by atoms with Crippen molar-refractivity contribution in [1.29, 1.82) is 0 Å². The predicted octanol–water partition coefficient (Wildman–Crippen LogP) is 4.25. The molecule has 4 heterocycles. The van der Waals surface area contributed by atoms with Crippen LogP contribution < -0.4 is 4.90 Å². The summed E-state index contributed by atoms with van der Waals surface area (Å²) in [4.78, 5) is 44.6. The Labute approximate surface area is 272 Å². The highest BCUT2D eigenvalue weighted by atomic mass is 19.4. The van der Waals surface area contributed by atoms with Crippen LogP contribution in [0.1, 0.15) is 34.3 Å². The van der Waals surface area contributed by atoms with E-state index < -0.39 is 40.8 Å². The van der Waals surface area contributed by atoms with Crippen molar-refractivity contribution in [1.82, 2.24) is 19.4 Å². The Morgan fingerprint density at radius 1 is 1.00 bits per heavy atom. The monoisotopic (exact) mass is 666 g/mol. The number of pyridine rings is 1. The number of alkyl halides is 3. The molecule has 2 aliphatic heterocycles. The van der Waals surface area contributed by atoms with Gasteiger partial charge in [-0.05, 0) is 36.6 Å². The number of amides is 1. The Morgan fingerprint density at radius 2 is 1.73 bits per heavy atom. The van der Waals surface area contributed by atoms with Gasteiger partial charge in [-0.15, -0.1) is 0 Å². The highest BCUT2D eigenvalue weighted by Gasteiger charge is 2.57. The van der Waals surface area contributed by atoms with Crippen LogP contribution in [-0.2, 0) is 16.9 Å². The van der Waals surface area contributed by atoms with E-state index in [9.17, 15) is 43.1 Å². The third-order valence-corrected chi connectivity index (χ3v) is 9.13. The summed E-state index contributed by atoms with van der Waals surface area (Å²) in [5, 5.41) is 32.5. The van der Waals surface area contributed by atoms with Gasteiger partial charge >= 0.3 is 12.1 Å². The smallest absolute Gasteiger partial charge is 0.422 e. The minimum Gasteiger partial charge on any atom is -0.480 e. The topological polar surface area (TPSA) is 145 Å². The number of benzene rings is 2. The molecular weight excluding hydrogens is 633 g/mol. The average Bonchev–Trinajstić information content (AvgIpc) is 3.71. The lowest BCUT2D eigenvalue weighted by Gasteiger charge is -2.40. The van der Waals surface area contributed by atoms with Gasteiger partial charge in [0.2, 0.25) is 5.60 Å². The first-order chi connectivity index (χ1) is 22.9. The molecule has 2 atom stereocenters. The number of anilines is 1. The fourth-order valence-electron chi connectivity index (χ4n) is 6.56. The van der Waals surface area contributed by atoms with Crippen molar-refractivity contribution in [3.63, 3.8) is 0 Å². The first-order valence-corrected chi connectivity index (χ1v) is 15.4. The molecule has 4 aromatic rings. The standard InChI is InChI=1S/C33H33F3N6O6/c34-33(35,36)32(46,26-20-40(19-22-5-2-1-3-6-22)28-17-24(42(47)48)9-10-25(26)28)21-38-13-15-39(16-14-38)30(43)23-8-11-29(37-18-23)41-12-4-7-27(41)31(44)45/h1-3,5-6,8-11,17-18,20,27,46H,4,7,12-16,19,21H2,(H,44,45). The van der Waals surface area contributed by atoms with Crippen LogP contribution in [0.4, 0.5) is 24.7 Å². The Balaban J connectivity index is 1.20. The number of hydrogen-bond donors (Lipinski definition) is 2. The van der Waals surface area contributed by atoms with Crippen LogP contribution in [0.25, 0.3) is 10.9 Å². The molecule has 2 unspecified atom stereocenters. The molecule has 0 aliphatic carbocycles. The maximum absolute atomic E-state index is 14.9. The number of carboxylic acids is 1. The number of piperazine rings is 1. The molecule has 2 N–H and O–H groups in total. The summed E-state index contributed by atoms with van der Waals surface area (Å²) in [7, 11) is 0. The van der Waals surface area contributed by atoms with E-state index in [2.05, 4.69) is 4.98 Å². The second kappa shape index (κ2) is 12.9. The second-order valence-corrected chi connectivity index (χ2v) is 12.1. The van der Waals surface area contributed by atoms with Crippen molar-refractivity contribution in [3.8, 4) is 0 Å². The van der Waals surface area contributed by atoms with E-state index in [1.54, 1.807) is 47.4 Å². The van der Waals surface area contributed by atoms with Crippen LogP contribution in [0.3, 0.4) is 0 Å². The molecule has 2 fully saturated rings. The fourth-order valence-corrected chi connectivity index (χ4v) is 6.56. The van der Waals surface area contributed by atoms with Gasteiger partial charge in [0.05, 0.1) is 16.0 Å². The highest BCUT2D eigenvalue weighted by Crippen LogP contribution is 2.44. The number of fused-ring (bicyclic) bond motifs is 1. The van der Waals surface area contributed by atoms with Crippen molar-refractivity contribution in [2.45, 2.75) is 37.2 Å². The number of aliphatic hydroxyl groups is 1. The maximum atomic E-state index is 14.9. The van der Waals surface area contributed by atoms with E-state index in [0.29, 0.717) is 25.2 Å². The Hall–Kier alpha value is -5.02. The third kappa shape index (κ3) is 6.30. The molecule has 0 radical (unpaired) electrons. The van der Waals surface area contributed by atoms with E-state index in [-0.39, 0.29) is 60.8 Å². The summed E-state index contributed by atoms with van der Waals surface area (Å²) in [6.07, 6.45) is -1.30. The predicted molar refractivity (Wildman–Crippen MR) is 169 cm³/mol. The normalized spacial score (nSPS) is 18.6. The van der Waals surface area contributed by atoms with Crippen LogP contribution in [0.2, 0.25) is 0 Å². The molecule has 1 amide bonds. The van der Waals surface area contributed by atoms with Crippen molar-refractivity contribution in [2.75, 3.05) is 44.2 Å². The molecule has 12 nitrogen and oxygen atoms in total. The Morgan fingerprint density at radius 3 is 2.35 bits per heavy atom. The first kappa shape index (κ1) is 32.9. The van der Waals surface area contributed by atoms with Crippen LogP contribution in [0.15, 0.2) is 73.1 Å². The van der Waals surface area contributed by atoms with E-state index in [4.69, 9.17) is 0 Å². The molecule has 2 aromatic carbocycles. The quantitative estimate of drug-likeness (QED) is 0.198. The number of nitrogens with zero attached hydrogens (tertiary/aromatic N) is 6. The molecule has 48 heavy (non-hydrogen) atoms. The molecule has 0 bridgehead atoms. The van der Waals surface area contributed by atoms with Crippen LogP contribution in [0.5, 0.6) is 0 Å². The fraction of sp³-hybridized carbons (Fsp3) is 0.364. The molecule has 15 heteroatoms. The molecule has 0 spiro atoms. The number of aromatic nitrogens is 2. The Kier molecular flexibility index (Phi) is 8.83. The molecule has 252 valence electrons. The van der Waals surface area contributed by atoms with E-state index in [1.807, 2.05) is 0 Å². The number of carboxylic acid groups (broad SMARTS) is 1. The summed E-state index contributed by atoms with van der Waals surface area (Å²) in [6.45, 7) is 0.165.